The minimum Gasteiger partial charge on any atom is -0.383 e. The van der Waals surface area contributed by atoms with Gasteiger partial charge >= 0.3 is 0 Å². The number of rotatable bonds is 1. The van der Waals surface area contributed by atoms with Crippen LogP contribution < -0.4 is 5.73 Å². The predicted octanol–water partition coefficient (Wildman–Crippen LogP) is 4.03. The number of hydrogen-bond acceptors (Lipinski definition) is 3. The van der Waals surface area contributed by atoms with E-state index in [-0.39, 0.29) is 0 Å². The summed E-state index contributed by atoms with van der Waals surface area (Å²) in [5.74, 6) is 1.19. The molecule has 0 saturated carbocycles. The lowest BCUT2D eigenvalue weighted by Gasteiger charge is -2.08. The number of nitrogen functional groups attached to an aromatic ring is 1. The van der Waals surface area contributed by atoms with Crippen LogP contribution in [-0.2, 0) is 0 Å². The Morgan fingerprint density at radius 2 is 1.38 bits per heavy atom. The first-order chi connectivity index (χ1) is 10.3. The van der Waals surface area contributed by atoms with Gasteiger partial charge in [0.1, 0.15) is 5.82 Å². The van der Waals surface area contributed by atoms with Crippen molar-refractivity contribution in [3.63, 3.8) is 0 Å². The van der Waals surface area contributed by atoms with E-state index in [1.54, 1.807) is 0 Å². The smallest absolute Gasteiger partial charge is 0.162 e. The summed E-state index contributed by atoms with van der Waals surface area (Å²) >= 11 is 0. The van der Waals surface area contributed by atoms with Crippen LogP contribution in [0.1, 0.15) is 0 Å². The molecule has 0 unspecified atom stereocenters. The van der Waals surface area contributed by atoms with Crippen molar-refractivity contribution in [2.75, 3.05) is 5.73 Å². The third-order valence-electron chi connectivity index (χ3n) is 3.66. The van der Waals surface area contributed by atoms with Gasteiger partial charge in [0, 0.05) is 10.9 Å². The molecule has 0 radical (unpaired) electrons. The van der Waals surface area contributed by atoms with Gasteiger partial charge in [0.05, 0.1) is 5.52 Å². The Kier molecular flexibility index (Phi) is 2.57. The second kappa shape index (κ2) is 4.56. The number of hydrogen-bond donors (Lipinski definition) is 1. The lowest BCUT2D eigenvalue weighted by Crippen LogP contribution is -1.98. The molecule has 0 aliphatic rings. The van der Waals surface area contributed by atoms with Crippen LogP contribution in [-0.4, -0.2) is 9.97 Å². The predicted molar refractivity (Wildman–Crippen MR) is 86.9 cm³/mol. The molecule has 1 heterocycles. The first kappa shape index (κ1) is 11.9. The fraction of sp³-hybridized carbons (Fsp3) is 0. The number of aromatic nitrogens is 2. The molecule has 3 heteroatoms. The maximum Gasteiger partial charge on any atom is 0.162 e. The number of nitrogens with two attached hydrogens (primary N) is 1. The quantitative estimate of drug-likeness (QED) is 0.568. The zero-order chi connectivity index (χ0) is 14.2. The van der Waals surface area contributed by atoms with Gasteiger partial charge in [-0.15, -0.1) is 0 Å². The average molecular weight is 271 g/mol. The summed E-state index contributed by atoms with van der Waals surface area (Å²) < 4.78 is 0. The van der Waals surface area contributed by atoms with Crippen LogP contribution in [0.25, 0.3) is 33.1 Å². The summed E-state index contributed by atoms with van der Waals surface area (Å²) in [5.41, 5.74) is 7.96. The van der Waals surface area contributed by atoms with E-state index in [0.29, 0.717) is 11.6 Å². The van der Waals surface area contributed by atoms with Crippen molar-refractivity contribution in [3.05, 3.63) is 66.7 Å². The van der Waals surface area contributed by atoms with E-state index >= 15 is 0 Å². The van der Waals surface area contributed by atoms with Gasteiger partial charge in [0.2, 0.25) is 0 Å². The van der Waals surface area contributed by atoms with Crippen LogP contribution in [0, 0.1) is 0 Å². The molecular weight excluding hydrogens is 258 g/mol. The molecule has 4 rings (SSSR count). The Hall–Kier alpha value is -2.94. The van der Waals surface area contributed by atoms with Crippen molar-refractivity contribution in [2.24, 2.45) is 0 Å². The zero-order valence-corrected chi connectivity index (χ0v) is 11.3. The molecule has 0 spiro atoms. The molecule has 3 aromatic carbocycles. The maximum atomic E-state index is 6.09. The molecule has 0 saturated heterocycles. The highest BCUT2D eigenvalue weighted by Gasteiger charge is 2.09. The largest absolute Gasteiger partial charge is 0.383 e. The molecule has 0 fully saturated rings. The summed E-state index contributed by atoms with van der Waals surface area (Å²) in [4.78, 5) is 9.15. The molecule has 2 N–H and O–H groups in total. The van der Waals surface area contributed by atoms with E-state index < -0.39 is 0 Å². The Labute approximate surface area is 122 Å². The molecule has 0 atom stereocenters. The first-order valence-electron chi connectivity index (χ1n) is 6.83. The Morgan fingerprint density at radius 3 is 2.29 bits per heavy atom. The zero-order valence-electron chi connectivity index (χ0n) is 11.3. The second-order valence-corrected chi connectivity index (χ2v) is 4.98. The standard InChI is InChI=1S/C18H13N3/c19-17-15-9-3-4-11-16(15)20-18(21-17)14-10-5-7-12-6-1-2-8-13(12)14/h1-11H,(H2,19,20,21). The molecule has 4 aromatic rings. The van der Waals surface area contributed by atoms with Gasteiger partial charge in [0.15, 0.2) is 5.82 Å². The minimum absolute atomic E-state index is 0.517. The highest BCUT2D eigenvalue weighted by Crippen LogP contribution is 2.28. The Morgan fingerprint density at radius 1 is 0.667 bits per heavy atom. The van der Waals surface area contributed by atoms with Crippen molar-refractivity contribution in [3.8, 4) is 11.4 Å². The molecule has 1 aromatic heterocycles. The summed E-state index contributed by atoms with van der Waals surface area (Å²) in [6.45, 7) is 0. The fourth-order valence-electron chi connectivity index (χ4n) is 2.64. The molecule has 0 amide bonds. The third-order valence-corrected chi connectivity index (χ3v) is 3.66. The fourth-order valence-corrected chi connectivity index (χ4v) is 2.64. The first-order valence-corrected chi connectivity index (χ1v) is 6.83. The monoisotopic (exact) mass is 271 g/mol. The molecule has 100 valence electrons. The molecule has 21 heavy (non-hydrogen) atoms. The van der Waals surface area contributed by atoms with E-state index in [1.165, 1.54) is 5.39 Å². The van der Waals surface area contributed by atoms with E-state index in [2.05, 4.69) is 28.2 Å². The Bertz CT molecular complexity index is 955. The van der Waals surface area contributed by atoms with Crippen LogP contribution in [0.5, 0.6) is 0 Å². The third kappa shape index (κ3) is 1.91. The van der Waals surface area contributed by atoms with Crippen molar-refractivity contribution < 1.29 is 0 Å². The Balaban J connectivity index is 2.05. The summed E-state index contributed by atoms with van der Waals surface area (Å²) in [5, 5.41) is 3.20. The second-order valence-electron chi connectivity index (χ2n) is 4.98. The molecular formula is C18H13N3. The van der Waals surface area contributed by atoms with Gasteiger partial charge in [-0.1, -0.05) is 54.6 Å². The number of fused-ring (bicyclic) bond motifs is 2. The lowest BCUT2D eigenvalue weighted by molar-refractivity contribution is 1.24. The van der Waals surface area contributed by atoms with Crippen molar-refractivity contribution in [2.45, 2.75) is 0 Å². The van der Waals surface area contributed by atoms with Crippen LogP contribution in [0.3, 0.4) is 0 Å². The number of benzene rings is 3. The van der Waals surface area contributed by atoms with Gasteiger partial charge in [-0.2, -0.15) is 0 Å². The van der Waals surface area contributed by atoms with Gasteiger partial charge < -0.3 is 5.73 Å². The normalized spacial score (nSPS) is 11.0. The summed E-state index contributed by atoms with van der Waals surface area (Å²) in [6, 6.07) is 22.2. The van der Waals surface area contributed by atoms with Gasteiger partial charge in [0.25, 0.3) is 0 Å². The van der Waals surface area contributed by atoms with Crippen molar-refractivity contribution in [1.29, 1.82) is 0 Å². The molecule has 0 aliphatic heterocycles. The van der Waals surface area contributed by atoms with E-state index in [0.717, 1.165) is 21.9 Å². The van der Waals surface area contributed by atoms with E-state index in [9.17, 15) is 0 Å². The van der Waals surface area contributed by atoms with E-state index in [1.807, 2.05) is 48.5 Å². The van der Waals surface area contributed by atoms with Crippen LogP contribution >= 0.6 is 0 Å². The van der Waals surface area contributed by atoms with Crippen molar-refractivity contribution >= 4 is 27.5 Å². The summed E-state index contributed by atoms with van der Waals surface area (Å²) in [6.07, 6.45) is 0. The molecule has 0 aliphatic carbocycles. The maximum absolute atomic E-state index is 6.09. The van der Waals surface area contributed by atoms with Gasteiger partial charge in [-0.05, 0) is 22.9 Å². The number of nitrogens with zero attached hydrogens (tertiary/aromatic N) is 2. The number of anilines is 1. The van der Waals surface area contributed by atoms with E-state index in [4.69, 9.17) is 5.73 Å². The SMILES string of the molecule is Nc1nc(-c2cccc3ccccc23)nc2ccccc12. The van der Waals surface area contributed by atoms with Crippen molar-refractivity contribution in [1.82, 2.24) is 9.97 Å². The summed E-state index contributed by atoms with van der Waals surface area (Å²) in [7, 11) is 0. The van der Waals surface area contributed by atoms with Gasteiger partial charge in [-0.3, -0.25) is 0 Å². The molecule has 0 bridgehead atoms. The van der Waals surface area contributed by atoms with Crippen LogP contribution in [0.2, 0.25) is 0 Å². The minimum atomic E-state index is 0.517. The lowest BCUT2D eigenvalue weighted by atomic mass is 10.0. The number of para-hydroxylation sites is 1. The van der Waals surface area contributed by atoms with Gasteiger partial charge in [-0.25, -0.2) is 9.97 Å². The highest BCUT2D eigenvalue weighted by molar-refractivity contribution is 5.97. The van der Waals surface area contributed by atoms with Crippen LogP contribution in [0.4, 0.5) is 5.82 Å². The highest BCUT2D eigenvalue weighted by atomic mass is 14.9. The topological polar surface area (TPSA) is 51.8 Å². The molecule has 3 nitrogen and oxygen atoms in total. The average Bonchev–Trinajstić information content (AvgIpc) is 2.54. The van der Waals surface area contributed by atoms with Crippen LogP contribution in [0.15, 0.2) is 66.7 Å².